The van der Waals surface area contributed by atoms with Crippen molar-refractivity contribution in [2.24, 2.45) is 0 Å². The number of likely N-dealkylation sites (tertiary alicyclic amines) is 1. The van der Waals surface area contributed by atoms with E-state index in [1.807, 2.05) is 42.3 Å². The lowest BCUT2D eigenvalue weighted by Crippen LogP contribution is -2.43. The zero-order valence-corrected chi connectivity index (χ0v) is 12.4. The van der Waals surface area contributed by atoms with Crippen LogP contribution in [0, 0.1) is 0 Å². The highest BCUT2D eigenvalue weighted by Crippen LogP contribution is 2.20. The van der Waals surface area contributed by atoms with Crippen molar-refractivity contribution in [2.75, 3.05) is 19.3 Å². The SMILES string of the molecule is CSc1ccc(OC(C)C(=O)N2CCCCC2)cc1. The van der Waals surface area contributed by atoms with Crippen molar-refractivity contribution in [3.05, 3.63) is 24.3 Å². The Bertz CT molecular complexity index is 413. The largest absolute Gasteiger partial charge is 0.481 e. The number of hydrogen-bond acceptors (Lipinski definition) is 3. The zero-order valence-electron chi connectivity index (χ0n) is 11.6. The van der Waals surface area contributed by atoms with E-state index in [9.17, 15) is 4.79 Å². The predicted octanol–water partition coefficient (Wildman–Crippen LogP) is 3.19. The van der Waals surface area contributed by atoms with Gasteiger partial charge in [-0.1, -0.05) is 0 Å². The Labute approximate surface area is 119 Å². The van der Waals surface area contributed by atoms with E-state index in [0.717, 1.165) is 31.7 Å². The molecule has 1 unspecified atom stereocenters. The fourth-order valence-electron chi connectivity index (χ4n) is 2.28. The minimum absolute atomic E-state index is 0.105. The van der Waals surface area contributed by atoms with Crippen LogP contribution >= 0.6 is 11.8 Å². The normalized spacial score (nSPS) is 17.1. The van der Waals surface area contributed by atoms with Gasteiger partial charge in [0, 0.05) is 18.0 Å². The van der Waals surface area contributed by atoms with Gasteiger partial charge >= 0.3 is 0 Å². The van der Waals surface area contributed by atoms with Crippen LogP contribution in [0.5, 0.6) is 5.75 Å². The minimum Gasteiger partial charge on any atom is -0.481 e. The van der Waals surface area contributed by atoms with Crippen LogP contribution in [0.3, 0.4) is 0 Å². The number of carbonyl (C=O) groups excluding carboxylic acids is 1. The van der Waals surface area contributed by atoms with Gasteiger partial charge in [-0.15, -0.1) is 11.8 Å². The summed E-state index contributed by atoms with van der Waals surface area (Å²) >= 11 is 1.69. The number of nitrogens with zero attached hydrogens (tertiary/aromatic N) is 1. The molecule has 0 aromatic heterocycles. The minimum atomic E-state index is -0.404. The number of piperidine rings is 1. The standard InChI is InChI=1S/C15H21NO2S/c1-12(15(17)16-10-4-3-5-11-16)18-13-6-8-14(19-2)9-7-13/h6-9,12H,3-5,10-11H2,1-2H3. The third-order valence-corrected chi connectivity index (χ3v) is 4.13. The Morgan fingerprint density at radius 3 is 2.42 bits per heavy atom. The van der Waals surface area contributed by atoms with E-state index in [-0.39, 0.29) is 5.91 Å². The highest BCUT2D eigenvalue weighted by molar-refractivity contribution is 7.98. The van der Waals surface area contributed by atoms with Gasteiger partial charge in [0.2, 0.25) is 0 Å². The molecule has 0 aliphatic carbocycles. The van der Waals surface area contributed by atoms with Gasteiger partial charge in [-0.3, -0.25) is 4.79 Å². The van der Waals surface area contributed by atoms with E-state index in [1.54, 1.807) is 11.8 Å². The molecule has 1 heterocycles. The molecule has 3 nitrogen and oxygen atoms in total. The van der Waals surface area contributed by atoms with Crippen molar-refractivity contribution in [1.82, 2.24) is 4.90 Å². The maximum absolute atomic E-state index is 12.2. The van der Waals surface area contributed by atoms with Crippen molar-refractivity contribution in [1.29, 1.82) is 0 Å². The van der Waals surface area contributed by atoms with Crippen LogP contribution in [0.1, 0.15) is 26.2 Å². The maximum atomic E-state index is 12.2. The number of benzene rings is 1. The second kappa shape index (κ2) is 6.85. The summed E-state index contributed by atoms with van der Waals surface area (Å²) in [5.41, 5.74) is 0. The van der Waals surface area contributed by atoms with E-state index in [1.165, 1.54) is 11.3 Å². The molecule has 4 heteroatoms. The molecule has 0 bridgehead atoms. The Hall–Kier alpha value is -1.16. The second-order valence-corrected chi connectivity index (χ2v) is 5.70. The summed E-state index contributed by atoms with van der Waals surface area (Å²) in [6.07, 6.45) is 5.09. The maximum Gasteiger partial charge on any atom is 0.263 e. The zero-order chi connectivity index (χ0) is 13.7. The summed E-state index contributed by atoms with van der Waals surface area (Å²) in [6, 6.07) is 7.87. The first kappa shape index (κ1) is 14.3. The van der Waals surface area contributed by atoms with Crippen LogP contribution in [0.25, 0.3) is 0 Å². The third kappa shape index (κ3) is 3.90. The topological polar surface area (TPSA) is 29.5 Å². The quantitative estimate of drug-likeness (QED) is 0.793. The van der Waals surface area contributed by atoms with Gasteiger partial charge in [0.05, 0.1) is 0 Å². The predicted molar refractivity (Wildman–Crippen MR) is 78.7 cm³/mol. The van der Waals surface area contributed by atoms with Crippen LogP contribution in [0.2, 0.25) is 0 Å². The smallest absolute Gasteiger partial charge is 0.263 e. The molecule has 0 spiro atoms. The monoisotopic (exact) mass is 279 g/mol. The Balaban J connectivity index is 1.91. The number of rotatable bonds is 4. The van der Waals surface area contributed by atoms with Crippen LogP contribution in [-0.4, -0.2) is 36.3 Å². The summed E-state index contributed by atoms with van der Waals surface area (Å²) in [5.74, 6) is 0.865. The van der Waals surface area contributed by atoms with Gasteiger partial charge in [-0.05, 0) is 56.7 Å². The van der Waals surface area contributed by atoms with E-state index < -0.39 is 6.10 Å². The fourth-order valence-corrected chi connectivity index (χ4v) is 2.69. The molecule has 104 valence electrons. The van der Waals surface area contributed by atoms with E-state index in [2.05, 4.69) is 0 Å². The van der Waals surface area contributed by atoms with Gasteiger partial charge in [-0.25, -0.2) is 0 Å². The molecule has 1 saturated heterocycles. The Kier molecular flexibility index (Phi) is 5.14. The lowest BCUT2D eigenvalue weighted by atomic mass is 10.1. The molecule has 0 radical (unpaired) electrons. The molecule has 0 N–H and O–H groups in total. The average Bonchev–Trinajstić information content (AvgIpc) is 2.48. The van der Waals surface area contributed by atoms with Gasteiger partial charge in [0.25, 0.3) is 5.91 Å². The first-order valence-corrected chi connectivity index (χ1v) is 8.02. The Morgan fingerprint density at radius 2 is 1.84 bits per heavy atom. The molecule has 1 aromatic rings. The molecule has 2 rings (SSSR count). The number of amides is 1. The van der Waals surface area contributed by atoms with E-state index >= 15 is 0 Å². The van der Waals surface area contributed by atoms with Gasteiger partial charge in [0.1, 0.15) is 5.75 Å². The molecule has 1 amide bonds. The molecular formula is C15H21NO2S. The first-order chi connectivity index (χ1) is 9.20. The molecular weight excluding hydrogens is 258 g/mol. The summed E-state index contributed by atoms with van der Waals surface area (Å²) in [6.45, 7) is 3.58. The number of thioether (sulfide) groups is 1. The molecule has 1 fully saturated rings. The summed E-state index contributed by atoms with van der Waals surface area (Å²) in [5, 5.41) is 0. The van der Waals surface area contributed by atoms with Crippen molar-refractivity contribution in [2.45, 2.75) is 37.2 Å². The molecule has 1 aromatic carbocycles. The van der Waals surface area contributed by atoms with Crippen molar-refractivity contribution < 1.29 is 9.53 Å². The molecule has 1 atom stereocenters. The van der Waals surface area contributed by atoms with Gasteiger partial charge < -0.3 is 9.64 Å². The molecule has 0 saturated carbocycles. The van der Waals surface area contributed by atoms with Gasteiger partial charge in [0.15, 0.2) is 6.10 Å². The summed E-state index contributed by atoms with van der Waals surface area (Å²) < 4.78 is 5.73. The van der Waals surface area contributed by atoms with Crippen LogP contribution in [-0.2, 0) is 4.79 Å². The van der Waals surface area contributed by atoms with Crippen LogP contribution < -0.4 is 4.74 Å². The van der Waals surface area contributed by atoms with Crippen molar-refractivity contribution in [3.8, 4) is 5.75 Å². The van der Waals surface area contributed by atoms with Gasteiger partial charge in [-0.2, -0.15) is 0 Å². The van der Waals surface area contributed by atoms with E-state index in [4.69, 9.17) is 4.74 Å². The Morgan fingerprint density at radius 1 is 1.21 bits per heavy atom. The highest BCUT2D eigenvalue weighted by Gasteiger charge is 2.23. The molecule has 1 aliphatic rings. The number of ether oxygens (including phenoxy) is 1. The second-order valence-electron chi connectivity index (χ2n) is 4.82. The number of hydrogen-bond donors (Lipinski definition) is 0. The third-order valence-electron chi connectivity index (χ3n) is 3.39. The average molecular weight is 279 g/mol. The van der Waals surface area contributed by atoms with Crippen LogP contribution in [0.15, 0.2) is 29.2 Å². The summed E-state index contributed by atoms with van der Waals surface area (Å²) in [4.78, 5) is 15.3. The lowest BCUT2D eigenvalue weighted by Gasteiger charge is -2.29. The van der Waals surface area contributed by atoms with Crippen molar-refractivity contribution in [3.63, 3.8) is 0 Å². The van der Waals surface area contributed by atoms with Crippen LogP contribution in [0.4, 0.5) is 0 Å². The van der Waals surface area contributed by atoms with Crippen molar-refractivity contribution >= 4 is 17.7 Å². The molecule has 1 aliphatic heterocycles. The highest BCUT2D eigenvalue weighted by atomic mass is 32.2. The van der Waals surface area contributed by atoms with E-state index in [0.29, 0.717) is 0 Å². The molecule has 19 heavy (non-hydrogen) atoms. The fraction of sp³-hybridized carbons (Fsp3) is 0.533. The first-order valence-electron chi connectivity index (χ1n) is 6.80. The lowest BCUT2D eigenvalue weighted by molar-refractivity contribution is -0.138. The summed E-state index contributed by atoms with van der Waals surface area (Å²) in [7, 11) is 0. The number of carbonyl (C=O) groups is 1.